The van der Waals surface area contributed by atoms with Gasteiger partial charge < -0.3 is 0 Å². The largest absolute Gasteiger partial charge is 0.285 e. The molecule has 4 rings (SSSR count). The van der Waals surface area contributed by atoms with E-state index in [9.17, 15) is 13.2 Å². The summed E-state index contributed by atoms with van der Waals surface area (Å²) in [5.74, 6) is -0.602. The van der Waals surface area contributed by atoms with E-state index in [2.05, 4.69) is 9.82 Å². The first kappa shape index (κ1) is 16.3. The van der Waals surface area contributed by atoms with Gasteiger partial charge in [0.1, 0.15) is 0 Å². The number of carbonyl (C=O) groups excluding carboxylic acids is 1. The molecule has 6 nitrogen and oxygen atoms in total. The molecule has 1 aromatic heterocycles. The summed E-state index contributed by atoms with van der Waals surface area (Å²) in [5, 5.41) is 3.68. The Kier molecular flexibility index (Phi) is 3.91. The topological polar surface area (TPSA) is 81.1 Å². The van der Waals surface area contributed by atoms with Gasteiger partial charge in [-0.2, -0.15) is 5.10 Å². The summed E-state index contributed by atoms with van der Waals surface area (Å²) in [5.41, 5.74) is 4.29. The highest BCUT2D eigenvalue weighted by Gasteiger charge is 2.35. The molecular formula is C18H21N3O3S. The van der Waals surface area contributed by atoms with Crippen LogP contribution in [0, 0.1) is 0 Å². The molecule has 0 atom stereocenters. The Morgan fingerprint density at radius 1 is 1.16 bits per heavy atom. The molecule has 2 aliphatic rings. The van der Waals surface area contributed by atoms with Gasteiger partial charge in [-0.05, 0) is 49.7 Å². The van der Waals surface area contributed by atoms with Gasteiger partial charge in [0, 0.05) is 18.3 Å². The molecule has 1 N–H and O–H groups in total. The summed E-state index contributed by atoms with van der Waals surface area (Å²) in [4.78, 5) is 12.6. The lowest BCUT2D eigenvalue weighted by Crippen LogP contribution is -2.39. The van der Waals surface area contributed by atoms with E-state index in [4.69, 9.17) is 0 Å². The third-order valence-corrected chi connectivity index (χ3v) is 6.95. The van der Waals surface area contributed by atoms with E-state index in [1.807, 2.05) is 31.3 Å². The highest BCUT2D eigenvalue weighted by atomic mass is 32.2. The van der Waals surface area contributed by atoms with Crippen LogP contribution in [0.3, 0.4) is 0 Å². The summed E-state index contributed by atoms with van der Waals surface area (Å²) in [7, 11) is -1.93. The molecule has 1 aromatic carbocycles. The second kappa shape index (κ2) is 5.98. The minimum absolute atomic E-state index is 0.260. The number of aryl methyl sites for hydroxylation is 1. The van der Waals surface area contributed by atoms with Gasteiger partial charge in [0.2, 0.25) is 10.0 Å². The van der Waals surface area contributed by atoms with E-state index >= 15 is 0 Å². The lowest BCUT2D eigenvalue weighted by Gasteiger charge is -2.14. The molecule has 0 spiro atoms. The Balaban J connectivity index is 1.55. The summed E-state index contributed by atoms with van der Waals surface area (Å²) in [6.07, 6.45) is 4.63. The molecule has 0 unspecified atom stereocenters. The Hall–Kier alpha value is -2.15. The van der Waals surface area contributed by atoms with Gasteiger partial charge in [-0.3, -0.25) is 9.48 Å². The van der Waals surface area contributed by atoms with Crippen LogP contribution in [0.2, 0.25) is 0 Å². The average molecular weight is 359 g/mol. The third kappa shape index (κ3) is 2.86. The van der Waals surface area contributed by atoms with Crippen molar-refractivity contribution in [2.24, 2.45) is 7.05 Å². The van der Waals surface area contributed by atoms with Crippen LogP contribution < -0.4 is 4.72 Å². The second-order valence-electron chi connectivity index (χ2n) is 6.88. The number of sulfonamides is 1. The first-order chi connectivity index (χ1) is 12.0. The molecule has 132 valence electrons. The van der Waals surface area contributed by atoms with E-state index in [1.54, 1.807) is 4.68 Å². The van der Waals surface area contributed by atoms with Gasteiger partial charge in [-0.25, -0.2) is 13.1 Å². The normalized spacial score (nSPS) is 17.2. The molecule has 0 fully saturated rings. The zero-order valence-electron chi connectivity index (χ0n) is 14.2. The van der Waals surface area contributed by atoms with Gasteiger partial charge in [0.15, 0.2) is 5.69 Å². The minimum Gasteiger partial charge on any atom is -0.272 e. The van der Waals surface area contributed by atoms with Crippen molar-refractivity contribution in [3.05, 3.63) is 52.3 Å². The fraction of sp³-hybridized carbons (Fsp3) is 0.444. The molecule has 0 bridgehead atoms. The van der Waals surface area contributed by atoms with Crippen LogP contribution in [-0.4, -0.2) is 29.4 Å². The summed E-state index contributed by atoms with van der Waals surface area (Å²) in [6, 6.07) is 7.71. The highest BCUT2D eigenvalue weighted by molar-refractivity contribution is 7.90. The standard InChI is InChI=1S/C18H21N3O3S/c1-21-16-9-5-4-8-15(16)17(19-21)18(22)20-25(23,24)14-10-12-6-2-3-7-13(12)11-14/h2-3,6-7,14H,4-5,8-11H2,1H3,(H,20,22). The number of aromatic nitrogens is 2. The molecule has 0 radical (unpaired) electrons. The fourth-order valence-electron chi connectivity index (χ4n) is 3.95. The van der Waals surface area contributed by atoms with Crippen LogP contribution in [0.4, 0.5) is 0 Å². The maximum Gasteiger partial charge on any atom is 0.285 e. The number of hydrogen-bond acceptors (Lipinski definition) is 4. The van der Waals surface area contributed by atoms with E-state index in [0.29, 0.717) is 12.8 Å². The van der Waals surface area contributed by atoms with Crippen molar-refractivity contribution in [2.45, 2.75) is 43.8 Å². The number of fused-ring (bicyclic) bond motifs is 2. The predicted octanol–water partition coefficient (Wildman–Crippen LogP) is 1.53. The quantitative estimate of drug-likeness (QED) is 0.901. The summed E-state index contributed by atoms with van der Waals surface area (Å²) in [6.45, 7) is 0. The van der Waals surface area contributed by atoms with Crippen molar-refractivity contribution >= 4 is 15.9 Å². The van der Waals surface area contributed by atoms with Crippen LogP contribution >= 0.6 is 0 Å². The van der Waals surface area contributed by atoms with Gasteiger partial charge >= 0.3 is 0 Å². The van der Waals surface area contributed by atoms with Crippen molar-refractivity contribution in [3.63, 3.8) is 0 Å². The van der Waals surface area contributed by atoms with Gasteiger partial charge in [-0.15, -0.1) is 0 Å². The molecule has 1 heterocycles. The fourth-order valence-corrected chi connectivity index (χ4v) is 5.27. The summed E-state index contributed by atoms with van der Waals surface area (Å²) >= 11 is 0. The van der Waals surface area contributed by atoms with Crippen LogP contribution in [0.5, 0.6) is 0 Å². The Morgan fingerprint density at radius 2 is 1.80 bits per heavy atom. The molecule has 2 aromatic rings. The van der Waals surface area contributed by atoms with E-state index in [-0.39, 0.29) is 5.69 Å². The lowest BCUT2D eigenvalue weighted by atomic mass is 9.95. The Labute approximate surface area is 147 Å². The summed E-state index contributed by atoms with van der Waals surface area (Å²) < 4.78 is 29.4. The van der Waals surface area contributed by atoms with Crippen molar-refractivity contribution in [3.8, 4) is 0 Å². The number of benzene rings is 1. The van der Waals surface area contributed by atoms with Crippen molar-refractivity contribution in [1.29, 1.82) is 0 Å². The number of hydrogen-bond donors (Lipinski definition) is 1. The molecule has 0 saturated carbocycles. The molecule has 7 heteroatoms. The van der Waals surface area contributed by atoms with Crippen molar-refractivity contribution in [1.82, 2.24) is 14.5 Å². The number of nitrogens with one attached hydrogen (secondary N) is 1. The first-order valence-corrected chi connectivity index (χ1v) is 10.2. The SMILES string of the molecule is Cn1nc(C(=O)NS(=O)(=O)C2Cc3ccccc3C2)c2c1CCCC2. The molecule has 0 saturated heterocycles. The van der Waals surface area contributed by atoms with Gasteiger partial charge in [0.25, 0.3) is 5.91 Å². The highest BCUT2D eigenvalue weighted by Crippen LogP contribution is 2.27. The van der Waals surface area contributed by atoms with E-state index in [0.717, 1.165) is 48.1 Å². The molecule has 25 heavy (non-hydrogen) atoms. The first-order valence-electron chi connectivity index (χ1n) is 8.63. The van der Waals surface area contributed by atoms with E-state index in [1.165, 1.54) is 0 Å². The number of rotatable bonds is 3. The van der Waals surface area contributed by atoms with E-state index < -0.39 is 21.2 Å². The maximum absolute atomic E-state index is 12.7. The predicted molar refractivity (Wildman–Crippen MR) is 93.9 cm³/mol. The zero-order valence-corrected chi connectivity index (χ0v) is 15.0. The van der Waals surface area contributed by atoms with Gasteiger partial charge in [0.05, 0.1) is 5.25 Å². The van der Waals surface area contributed by atoms with Crippen molar-refractivity contribution in [2.75, 3.05) is 0 Å². The maximum atomic E-state index is 12.7. The minimum atomic E-state index is -3.74. The third-order valence-electron chi connectivity index (χ3n) is 5.27. The number of nitrogens with zero attached hydrogens (tertiary/aromatic N) is 2. The molecule has 2 aliphatic carbocycles. The smallest absolute Gasteiger partial charge is 0.272 e. The molecule has 1 amide bonds. The van der Waals surface area contributed by atoms with Crippen molar-refractivity contribution < 1.29 is 13.2 Å². The Bertz CT molecular complexity index is 921. The lowest BCUT2D eigenvalue weighted by molar-refractivity contribution is 0.0974. The molecule has 0 aliphatic heterocycles. The monoisotopic (exact) mass is 359 g/mol. The van der Waals surface area contributed by atoms with Crippen LogP contribution in [0.25, 0.3) is 0 Å². The van der Waals surface area contributed by atoms with Gasteiger partial charge in [-0.1, -0.05) is 24.3 Å². The number of amides is 1. The van der Waals surface area contributed by atoms with Crippen LogP contribution in [-0.2, 0) is 42.8 Å². The zero-order chi connectivity index (χ0) is 17.6. The van der Waals surface area contributed by atoms with Crippen LogP contribution in [0.1, 0.15) is 45.7 Å². The molecular weight excluding hydrogens is 338 g/mol. The van der Waals surface area contributed by atoms with Crippen LogP contribution in [0.15, 0.2) is 24.3 Å². The second-order valence-corrected chi connectivity index (χ2v) is 8.84. The number of carbonyl (C=O) groups is 1. The Morgan fingerprint density at radius 3 is 2.48 bits per heavy atom. The average Bonchev–Trinajstić information content (AvgIpc) is 3.17.